The zero-order chi connectivity index (χ0) is 21.9. The SMILES string of the molecule is O=C(O)c1ccc(S(=O)(=O)O)c(Br)c1.O=C(O)c1ccc(S(=O)(=O)O)c(Cl)c1. The van der Waals surface area contributed by atoms with Gasteiger partial charge in [-0.25, -0.2) is 9.59 Å². The molecule has 0 spiro atoms. The molecule has 4 N–H and O–H groups in total. The second kappa shape index (κ2) is 8.98. The maximum absolute atomic E-state index is 10.7. The normalized spacial score (nSPS) is 11.3. The van der Waals surface area contributed by atoms with E-state index in [1.165, 1.54) is 0 Å². The lowest BCUT2D eigenvalue weighted by molar-refractivity contribution is 0.0686. The van der Waals surface area contributed by atoms with Crippen molar-refractivity contribution in [1.82, 2.24) is 0 Å². The van der Waals surface area contributed by atoms with Gasteiger partial charge in [-0.05, 0) is 52.3 Å². The third kappa shape index (κ3) is 6.54. The van der Waals surface area contributed by atoms with Crippen LogP contribution in [0.25, 0.3) is 0 Å². The predicted octanol–water partition coefficient (Wildman–Crippen LogP) is 2.68. The van der Waals surface area contributed by atoms with E-state index in [-0.39, 0.29) is 25.5 Å². The molecular formula is C14H10BrClO10S2. The molecule has 0 aromatic heterocycles. The molecule has 2 aromatic rings. The summed E-state index contributed by atoms with van der Waals surface area (Å²) in [5.74, 6) is -2.40. The van der Waals surface area contributed by atoms with Gasteiger partial charge in [0.25, 0.3) is 20.2 Å². The van der Waals surface area contributed by atoms with Crippen LogP contribution < -0.4 is 0 Å². The fourth-order valence-corrected chi connectivity index (χ4v) is 4.24. The van der Waals surface area contributed by atoms with E-state index in [2.05, 4.69) is 15.9 Å². The molecule has 0 aliphatic carbocycles. The molecule has 10 nitrogen and oxygen atoms in total. The first kappa shape index (κ1) is 24.0. The Morgan fingerprint density at radius 3 is 1.50 bits per heavy atom. The highest BCUT2D eigenvalue weighted by molar-refractivity contribution is 9.10. The zero-order valence-corrected chi connectivity index (χ0v) is 17.2. The highest BCUT2D eigenvalue weighted by Crippen LogP contribution is 2.23. The number of carboxylic acids is 2. The minimum Gasteiger partial charge on any atom is -0.478 e. The van der Waals surface area contributed by atoms with Crippen molar-refractivity contribution in [1.29, 1.82) is 0 Å². The number of aromatic carboxylic acids is 2. The first-order chi connectivity index (χ1) is 12.6. The second-order valence-corrected chi connectivity index (χ2v) is 8.89. The quantitative estimate of drug-likeness (QED) is 0.440. The summed E-state index contributed by atoms with van der Waals surface area (Å²) in [5, 5.41) is 16.8. The van der Waals surface area contributed by atoms with E-state index in [4.69, 9.17) is 30.9 Å². The molecule has 152 valence electrons. The minimum atomic E-state index is -4.40. The molecule has 0 unspecified atom stereocenters. The molecule has 0 radical (unpaired) electrons. The van der Waals surface area contributed by atoms with E-state index in [0.717, 1.165) is 36.4 Å². The van der Waals surface area contributed by atoms with Crippen LogP contribution >= 0.6 is 27.5 Å². The van der Waals surface area contributed by atoms with Crippen LogP contribution in [0.15, 0.2) is 50.7 Å². The maximum Gasteiger partial charge on any atom is 0.335 e. The zero-order valence-electron chi connectivity index (χ0n) is 13.3. The second-order valence-electron chi connectivity index (χ2n) is 4.85. The first-order valence-corrected chi connectivity index (χ1v) is 10.7. The van der Waals surface area contributed by atoms with Crippen LogP contribution in [-0.2, 0) is 20.2 Å². The summed E-state index contributed by atoms with van der Waals surface area (Å²) in [7, 11) is -8.72. The van der Waals surface area contributed by atoms with Crippen LogP contribution in [0.5, 0.6) is 0 Å². The molecular weight excluding hydrogens is 508 g/mol. The standard InChI is InChI=1S/C7H5BrO5S.C7H5ClO5S/c2*8-5-3-4(7(9)10)1-2-6(5)14(11,12)13/h2*1-3H,(H,9,10)(H,11,12,13). The van der Waals surface area contributed by atoms with Gasteiger partial charge in [0, 0.05) is 4.47 Å². The van der Waals surface area contributed by atoms with Crippen LogP contribution in [0.2, 0.25) is 5.02 Å². The fraction of sp³-hybridized carbons (Fsp3) is 0. The van der Waals surface area contributed by atoms with E-state index in [1.807, 2.05) is 0 Å². The summed E-state index contributed by atoms with van der Waals surface area (Å²) in [6.07, 6.45) is 0. The lowest BCUT2D eigenvalue weighted by Gasteiger charge is -2.01. The lowest BCUT2D eigenvalue weighted by atomic mass is 10.2. The van der Waals surface area contributed by atoms with E-state index < -0.39 is 37.1 Å². The van der Waals surface area contributed by atoms with Gasteiger partial charge in [-0.2, -0.15) is 16.8 Å². The highest BCUT2D eigenvalue weighted by Gasteiger charge is 2.16. The molecule has 0 atom stereocenters. The van der Waals surface area contributed by atoms with Gasteiger partial charge in [0.15, 0.2) is 0 Å². The van der Waals surface area contributed by atoms with Crippen molar-refractivity contribution >= 4 is 59.7 Å². The molecule has 0 saturated carbocycles. The number of halogens is 2. The number of benzene rings is 2. The first-order valence-electron chi connectivity index (χ1n) is 6.65. The van der Waals surface area contributed by atoms with Gasteiger partial charge in [0.1, 0.15) is 9.79 Å². The summed E-state index contributed by atoms with van der Waals surface area (Å²) >= 11 is 8.30. The van der Waals surface area contributed by atoms with Gasteiger partial charge in [-0.1, -0.05) is 11.6 Å². The van der Waals surface area contributed by atoms with E-state index in [1.54, 1.807) is 0 Å². The Labute approximate surface area is 172 Å². The highest BCUT2D eigenvalue weighted by atomic mass is 79.9. The van der Waals surface area contributed by atoms with Crippen LogP contribution in [0.4, 0.5) is 0 Å². The Hall–Kier alpha value is -2.03. The number of carboxylic acid groups (broad SMARTS) is 2. The lowest BCUT2D eigenvalue weighted by Crippen LogP contribution is -2.02. The van der Waals surface area contributed by atoms with Crippen LogP contribution in [0.1, 0.15) is 20.7 Å². The average Bonchev–Trinajstić information content (AvgIpc) is 2.52. The summed E-state index contributed by atoms with van der Waals surface area (Å²) in [6, 6.07) is 6.13. The fourth-order valence-electron chi connectivity index (χ4n) is 1.69. The third-order valence-electron chi connectivity index (χ3n) is 2.91. The van der Waals surface area contributed by atoms with Gasteiger partial charge in [0.05, 0.1) is 16.1 Å². The monoisotopic (exact) mass is 516 g/mol. The Morgan fingerprint density at radius 1 is 0.786 bits per heavy atom. The third-order valence-corrected chi connectivity index (χ3v) is 6.08. The van der Waals surface area contributed by atoms with Crippen molar-refractivity contribution in [2.24, 2.45) is 0 Å². The number of hydrogen-bond donors (Lipinski definition) is 4. The number of hydrogen-bond acceptors (Lipinski definition) is 6. The molecule has 2 aromatic carbocycles. The largest absolute Gasteiger partial charge is 0.478 e. The Balaban J connectivity index is 0.000000280. The van der Waals surface area contributed by atoms with Crippen molar-refractivity contribution in [2.75, 3.05) is 0 Å². The Bertz CT molecular complexity index is 1050. The van der Waals surface area contributed by atoms with Crippen molar-refractivity contribution in [3.63, 3.8) is 0 Å². The van der Waals surface area contributed by atoms with Crippen molar-refractivity contribution < 1.29 is 45.7 Å². The number of carbonyl (C=O) groups is 2. The van der Waals surface area contributed by atoms with Crippen LogP contribution in [0, 0.1) is 0 Å². The minimum absolute atomic E-state index is 0.0138. The topological polar surface area (TPSA) is 183 Å². The Morgan fingerprint density at radius 2 is 1.18 bits per heavy atom. The van der Waals surface area contributed by atoms with Gasteiger partial charge in [-0.15, -0.1) is 0 Å². The molecule has 0 heterocycles. The molecule has 28 heavy (non-hydrogen) atoms. The molecule has 2 rings (SSSR count). The van der Waals surface area contributed by atoms with Crippen LogP contribution in [0.3, 0.4) is 0 Å². The van der Waals surface area contributed by atoms with Crippen molar-refractivity contribution in [3.05, 3.63) is 57.0 Å². The maximum atomic E-state index is 10.7. The molecule has 0 amide bonds. The molecule has 0 aliphatic rings. The predicted molar refractivity (Wildman–Crippen MR) is 99.1 cm³/mol. The van der Waals surface area contributed by atoms with Gasteiger partial charge >= 0.3 is 11.9 Å². The van der Waals surface area contributed by atoms with Crippen molar-refractivity contribution in [3.8, 4) is 0 Å². The summed E-state index contributed by atoms with van der Waals surface area (Å²) in [6.45, 7) is 0. The molecule has 14 heteroatoms. The molecule has 0 fully saturated rings. The van der Waals surface area contributed by atoms with Crippen molar-refractivity contribution in [2.45, 2.75) is 9.79 Å². The smallest absolute Gasteiger partial charge is 0.335 e. The van der Waals surface area contributed by atoms with E-state index in [9.17, 15) is 26.4 Å². The summed E-state index contributed by atoms with van der Waals surface area (Å²) in [4.78, 5) is 20.1. The molecule has 0 saturated heterocycles. The summed E-state index contributed by atoms with van der Waals surface area (Å²) < 4.78 is 60.1. The number of rotatable bonds is 4. The van der Waals surface area contributed by atoms with E-state index >= 15 is 0 Å². The van der Waals surface area contributed by atoms with E-state index in [0.29, 0.717) is 0 Å². The molecule has 0 bridgehead atoms. The van der Waals surface area contributed by atoms with Gasteiger partial charge in [-0.3, -0.25) is 9.11 Å². The summed E-state index contributed by atoms with van der Waals surface area (Å²) in [5.41, 5.74) is -0.216. The molecule has 0 aliphatic heterocycles. The Kier molecular flexibility index (Phi) is 7.70. The van der Waals surface area contributed by atoms with Gasteiger partial charge < -0.3 is 10.2 Å². The average molecular weight is 518 g/mol. The van der Waals surface area contributed by atoms with Gasteiger partial charge in [0.2, 0.25) is 0 Å². The van der Waals surface area contributed by atoms with Crippen LogP contribution in [-0.4, -0.2) is 48.1 Å².